The second-order valence-corrected chi connectivity index (χ2v) is 12.1. The number of amides is 1. The van der Waals surface area contributed by atoms with Crippen LogP contribution in [0.2, 0.25) is 0 Å². The third-order valence-electron chi connectivity index (χ3n) is 8.91. The van der Waals surface area contributed by atoms with Gasteiger partial charge in [-0.25, -0.2) is 9.97 Å². The Balaban J connectivity index is 0.991. The number of nitrogens with zero attached hydrogens (tertiary/aromatic N) is 5. The number of anilines is 2. The summed E-state index contributed by atoms with van der Waals surface area (Å²) in [5.41, 5.74) is 8.85. The molecule has 0 spiro atoms. The van der Waals surface area contributed by atoms with Gasteiger partial charge in [0.05, 0.1) is 0 Å². The predicted octanol–water partition coefficient (Wildman–Crippen LogP) is 5.15. The second kappa shape index (κ2) is 12.1. The van der Waals surface area contributed by atoms with E-state index in [9.17, 15) is 4.79 Å². The van der Waals surface area contributed by atoms with Gasteiger partial charge >= 0.3 is 0 Å². The van der Waals surface area contributed by atoms with E-state index in [1.54, 1.807) is 6.07 Å². The highest BCUT2D eigenvalue weighted by molar-refractivity contribution is 5.94. The van der Waals surface area contributed by atoms with Crippen LogP contribution in [-0.2, 0) is 0 Å². The van der Waals surface area contributed by atoms with E-state index in [4.69, 9.17) is 15.2 Å². The van der Waals surface area contributed by atoms with E-state index in [0.29, 0.717) is 29.4 Å². The number of primary amides is 1. The number of carbonyl (C=O) groups is 1. The molecule has 1 aliphatic heterocycles. The molecule has 0 bridgehead atoms. The first-order chi connectivity index (χ1) is 21.1. The monoisotopic (exact) mass is 578 g/mol. The standard InChI is InChI=1S/C33H38N8O2/c34-31(42)24-6-3-5-22(17-24)23-14-15-35-29(18-23)38-28-9-2-1-8-27(28)37-26-7-4-16-41(20-26)30-13-12-25(19-36-30)32-39-33(43-40-32)21-10-11-21/h3,5-6,12-15,17-19,21,26-28,37H,1-2,4,7-11,16,20H2,(H2,34,42)(H,35,38). The normalized spacial score (nSPS) is 22.3. The summed E-state index contributed by atoms with van der Waals surface area (Å²) >= 11 is 0. The fraction of sp³-hybridized carbons (Fsp3) is 0.424. The lowest BCUT2D eigenvalue weighted by Gasteiger charge is -2.40. The van der Waals surface area contributed by atoms with Crippen molar-refractivity contribution in [1.29, 1.82) is 0 Å². The Hall–Kier alpha value is -4.31. The highest BCUT2D eigenvalue weighted by atomic mass is 16.5. The number of rotatable bonds is 9. The lowest BCUT2D eigenvalue weighted by Crippen LogP contribution is -2.55. The van der Waals surface area contributed by atoms with E-state index in [0.717, 1.165) is 85.8 Å². The molecule has 4 aromatic rings. The topological polar surface area (TPSA) is 135 Å². The van der Waals surface area contributed by atoms with Crippen LogP contribution in [0.3, 0.4) is 0 Å². The third kappa shape index (κ3) is 6.39. The minimum Gasteiger partial charge on any atom is -0.366 e. The van der Waals surface area contributed by atoms with Gasteiger partial charge in [0, 0.05) is 60.7 Å². The first-order valence-electron chi connectivity index (χ1n) is 15.5. The lowest BCUT2D eigenvalue weighted by molar-refractivity contribution is 0.100. The van der Waals surface area contributed by atoms with Crippen LogP contribution in [0.15, 0.2) is 65.4 Å². The molecule has 3 fully saturated rings. The molecule has 3 unspecified atom stereocenters. The van der Waals surface area contributed by atoms with Gasteiger partial charge in [0.2, 0.25) is 17.6 Å². The van der Waals surface area contributed by atoms with Gasteiger partial charge in [0.25, 0.3) is 0 Å². The maximum Gasteiger partial charge on any atom is 0.248 e. The average molecular weight is 579 g/mol. The van der Waals surface area contributed by atoms with Crippen LogP contribution in [-0.4, -0.2) is 57.2 Å². The van der Waals surface area contributed by atoms with E-state index in [2.05, 4.69) is 42.8 Å². The second-order valence-electron chi connectivity index (χ2n) is 12.1. The van der Waals surface area contributed by atoms with Crippen LogP contribution < -0.4 is 21.3 Å². The minimum atomic E-state index is -0.425. The van der Waals surface area contributed by atoms with Gasteiger partial charge in [0.15, 0.2) is 0 Å². The molecule has 1 saturated heterocycles. The number of hydrogen-bond donors (Lipinski definition) is 3. The van der Waals surface area contributed by atoms with Gasteiger partial charge in [-0.1, -0.05) is 30.1 Å². The molecule has 4 N–H and O–H groups in total. The molecule has 3 aromatic heterocycles. The number of nitrogens with two attached hydrogens (primary N) is 1. The van der Waals surface area contributed by atoms with Crippen molar-refractivity contribution in [3.05, 3.63) is 72.4 Å². The molecular weight excluding hydrogens is 540 g/mol. The summed E-state index contributed by atoms with van der Waals surface area (Å²) in [5, 5.41) is 11.9. The van der Waals surface area contributed by atoms with Crippen molar-refractivity contribution >= 4 is 17.5 Å². The van der Waals surface area contributed by atoms with Crippen LogP contribution >= 0.6 is 0 Å². The highest BCUT2D eigenvalue weighted by Crippen LogP contribution is 2.39. The van der Waals surface area contributed by atoms with Crippen LogP contribution in [0.4, 0.5) is 11.6 Å². The first kappa shape index (κ1) is 27.5. The van der Waals surface area contributed by atoms with Gasteiger partial charge in [0.1, 0.15) is 11.6 Å². The number of hydrogen-bond acceptors (Lipinski definition) is 9. The summed E-state index contributed by atoms with van der Waals surface area (Å²) in [4.78, 5) is 28.0. The van der Waals surface area contributed by atoms with Crippen molar-refractivity contribution in [3.63, 3.8) is 0 Å². The molecule has 1 aromatic carbocycles. The van der Waals surface area contributed by atoms with Crippen molar-refractivity contribution in [2.75, 3.05) is 23.3 Å². The molecule has 3 atom stereocenters. The minimum absolute atomic E-state index is 0.289. The van der Waals surface area contributed by atoms with Crippen LogP contribution in [0.5, 0.6) is 0 Å². The largest absolute Gasteiger partial charge is 0.366 e. The molecule has 0 radical (unpaired) electrons. The van der Waals surface area contributed by atoms with Crippen molar-refractivity contribution in [3.8, 4) is 22.5 Å². The summed E-state index contributed by atoms with van der Waals surface area (Å²) < 4.78 is 5.43. The molecule has 3 aliphatic rings. The molecule has 2 aliphatic carbocycles. The Morgan fingerprint density at radius 2 is 1.77 bits per heavy atom. The fourth-order valence-corrected chi connectivity index (χ4v) is 6.41. The van der Waals surface area contributed by atoms with Crippen LogP contribution in [0.25, 0.3) is 22.5 Å². The molecule has 4 heterocycles. The number of nitrogens with one attached hydrogen (secondary N) is 2. The van der Waals surface area contributed by atoms with Crippen LogP contribution in [0.1, 0.15) is 73.5 Å². The lowest BCUT2D eigenvalue weighted by atomic mass is 9.89. The van der Waals surface area contributed by atoms with Gasteiger partial charge < -0.3 is 25.8 Å². The summed E-state index contributed by atoms with van der Waals surface area (Å²) in [6, 6.07) is 16.6. The number of carbonyl (C=O) groups excluding carboxylic acids is 1. The van der Waals surface area contributed by atoms with Crippen molar-refractivity contribution in [2.24, 2.45) is 5.73 Å². The molecule has 10 heteroatoms. The van der Waals surface area contributed by atoms with Gasteiger partial charge in [-0.15, -0.1) is 0 Å². The summed E-state index contributed by atoms with van der Waals surface area (Å²) in [6.07, 6.45) is 12.9. The van der Waals surface area contributed by atoms with Crippen molar-refractivity contribution in [2.45, 2.75) is 75.4 Å². The summed E-state index contributed by atoms with van der Waals surface area (Å²) in [7, 11) is 0. The molecule has 2 saturated carbocycles. The van der Waals surface area contributed by atoms with E-state index < -0.39 is 5.91 Å². The molecule has 10 nitrogen and oxygen atoms in total. The maximum atomic E-state index is 11.7. The Morgan fingerprint density at radius 1 is 0.907 bits per heavy atom. The molecule has 43 heavy (non-hydrogen) atoms. The van der Waals surface area contributed by atoms with Gasteiger partial charge in [-0.05, 0) is 86.1 Å². The van der Waals surface area contributed by atoms with Crippen molar-refractivity contribution < 1.29 is 9.32 Å². The number of pyridine rings is 2. The van der Waals surface area contributed by atoms with E-state index >= 15 is 0 Å². The van der Waals surface area contributed by atoms with E-state index in [1.807, 2.05) is 42.7 Å². The predicted molar refractivity (Wildman–Crippen MR) is 166 cm³/mol. The zero-order valence-corrected chi connectivity index (χ0v) is 24.3. The Kier molecular flexibility index (Phi) is 7.76. The summed E-state index contributed by atoms with van der Waals surface area (Å²) in [6.45, 7) is 1.92. The molecular formula is C33H38N8O2. The number of piperidine rings is 1. The molecule has 222 valence electrons. The smallest absolute Gasteiger partial charge is 0.248 e. The zero-order valence-electron chi connectivity index (χ0n) is 24.3. The van der Waals surface area contributed by atoms with Crippen molar-refractivity contribution in [1.82, 2.24) is 25.4 Å². The summed E-state index contributed by atoms with van der Waals surface area (Å²) in [5.74, 6) is 3.22. The Labute approximate surface area is 251 Å². The maximum absolute atomic E-state index is 11.7. The number of aromatic nitrogens is 4. The van der Waals surface area contributed by atoms with E-state index in [-0.39, 0.29) is 6.04 Å². The SMILES string of the molecule is NC(=O)c1cccc(-c2ccnc(NC3CCCCC3NC3CCCN(c4ccc(-c5noc(C6CC6)n5)cn4)C3)c2)c1. The van der Waals surface area contributed by atoms with E-state index in [1.165, 1.54) is 12.8 Å². The van der Waals surface area contributed by atoms with Crippen LogP contribution in [0, 0.1) is 0 Å². The molecule has 1 amide bonds. The average Bonchev–Trinajstić information content (AvgIpc) is 3.78. The number of benzene rings is 1. The zero-order chi connectivity index (χ0) is 29.2. The third-order valence-corrected chi connectivity index (χ3v) is 8.91. The Morgan fingerprint density at radius 3 is 2.58 bits per heavy atom. The highest BCUT2D eigenvalue weighted by Gasteiger charge is 2.31. The fourth-order valence-electron chi connectivity index (χ4n) is 6.41. The first-order valence-corrected chi connectivity index (χ1v) is 15.5. The molecule has 7 rings (SSSR count). The quantitative estimate of drug-likeness (QED) is 0.246. The van der Waals surface area contributed by atoms with Gasteiger partial charge in [-0.3, -0.25) is 4.79 Å². The van der Waals surface area contributed by atoms with Gasteiger partial charge in [-0.2, -0.15) is 4.98 Å². The Bertz CT molecular complexity index is 1570.